The first kappa shape index (κ1) is 52.5. The zero-order valence-corrected chi connectivity index (χ0v) is 41.0. The third-order valence-corrected chi connectivity index (χ3v) is 16.2. The van der Waals surface area contributed by atoms with Gasteiger partial charge in [-0.3, -0.25) is 0 Å². The van der Waals surface area contributed by atoms with E-state index in [2.05, 4.69) is 47.6 Å². The van der Waals surface area contributed by atoms with Gasteiger partial charge in [-0.2, -0.15) is 0 Å². The summed E-state index contributed by atoms with van der Waals surface area (Å²) < 4.78 is 94.2. The van der Waals surface area contributed by atoms with Gasteiger partial charge in [0.25, 0.3) is 0 Å². The van der Waals surface area contributed by atoms with Crippen LogP contribution >= 0.6 is 0 Å². The lowest BCUT2D eigenvalue weighted by Gasteiger charge is -2.38. The second-order valence-electron chi connectivity index (χ2n) is 20.8. The molecule has 0 saturated heterocycles. The summed E-state index contributed by atoms with van der Waals surface area (Å²) in [6.45, 7) is 5.13. The number of ether oxygens (including phenoxy) is 4. The molecule has 0 bridgehead atoms. The van der Waals surface area contributed by atoms with Crippen molar-refractivity contribution in [1.29, 1.82) is 0 Å². The van der Waals surface area contributed by atoms with Crippen LogP contribution in [0.25, 0.3) is 0 Å². The van der Waals surface area contributed by atoms with Gasteiger partial charge < -0.3 is 18.9 Å². The summed E-state index contributed by atoms with van der Waals surface area (Å²) in [5.41, 5.74) is 4.10. The van der Waals surface area contributed by atoms with Gasteiger partial charge in [-0.15, -0.1) is 26.3 Å². The number of alkyl halides is 6. The molecule has 0 unspecified atom stereocenters. The Bertz CT molecular complexity index is 2090. The number of rotatable bonds is 17. The van der Waals surface area contributed by atoms with Crippen molar-refractivity contribution in [1.82, 2.24) is 0 Å². The highest BCUT2D eigenvalue weighted by molar-refractivity contribution is 5.34. The lowest BCUT2D eigenvalue weighted by atomic mass is 9.68. The summed E-state index contributed by atoms with van der Waals surface area (Å²) in [4.78, 5) is 0. The monoisotopic (exact) mass is 963 g/mol. The van der Waals surface area contributed by atoms with Crippen LogP contribution < -0.4 is 18.9 Å². The highest BCUT2D eigenvalue weighted by Crippen LogP contribution is 2.46. The predicted molar refractivity (Wildman–Crippen MR) is 263 cm³/mol. The Hall–Kier alpha value is -4.34. The van der Waals surface area contributed by atoms with Crippen molar-refractivity contribution in [2.75, 3.05) is 0 Å². The molecule has 4 aliphatic rings. The minimum atomic E-state index is -4.69. The second kappa shape index (κ2) is 25.7. The molecule has 0 atom stereocenters. The molecule has 0 heterocycles. The van der Waals surface area contributed by atoms with E-state index in [9.17, 15) is 26.3 Å². The maximum Gasteiger partial charge on any atom is 0.573 e. The first-order chi connectivity index (χ1) is 33.3. The molecule has 0 radical (unpaired) electrons. The maximum atomic E-state index is 12.5. The van der Waals surface area contributed by atoms with E-state index < -0.39 is 12.7 Å². The third-order valence-electron chi connectivity index (χ3n) is 16.2. The average molecular weight is 963 g/mol. The van der Waals surface area contributed by atoms with Gasteiger partial charge in [-0.25, -0.2) is 0 Å². The van der Waals surface area contributed by atoms with E-state index in [0.29, 0.717) is 24.0 Å². The Morgan fingerprint density at radius 1 is 0.420 bits per heavy atom. The van der Waals surface area contributed by atoms with E-state index in [0.717, 1.165) is 52.6 Å². The van der Waals surface area contributed by atoms with E-state index in [-0.39, 0.29) is 18.1 Å². The average Bonchev–Trinajstić information content (AvgIpc) is 3.35. The Morgan fingerprint density at radius 2 is 0.855 bits per heavy atom. The van der Waals surface area contributed by atoms with E-state index in [4.69, 9.17) is 9.47 Å². The number of halogens is 6. The number of hydrogen-bond donors (Lipinski definition) is 0. The first-order valence-corrected chi connectivity index (χ1v) is 26.4. The Kier molecular flexibility index (Phi) is 19.5. The summed E-state index contributed by atoms with van der Waals surface area (Å²) in [6.07, 6.45) is 19.3. The lowest BCUT2D eigenvalue weighted by molar-refractivity contribution is -0.275. The van der Waals surface area contributed by atoms with Crippen molar-refractivity contribution in [3.63, 3.8) is 0 Å². The van der Waals surface area contributed by atoms with Crippen molar-refractivity contribution in [3.05, 3.63) is 119 Å². The Morgan fingerprint density at radius 3 is 1.33 bits per heavy atom. The summed E-state index contributed by atoms with van der Waals surface area (Å²) in [5, 5.41) is 0. The molecular formula is C59H76F6O4. The van der Waals surface area contributed by atoms with Gasteiger partial charge in [-0.1, -0.05) is 120 Å². The quantitative estimate of drug-likeness (QED) is 0.0780. The summed E-state index contributed by atoms with van der Waals surface area (Å²) >= 11 is 0. The highest BCUT2D eigenvalue weighted by Gasteiger charge is 2.34. The lowest BCUT2D eigenvalue weighted by Crippen LogP contribution is -2.25. The zero-order chi connectivity index (χ0) is 48.6. The van der Waals surface area contributed by atoms with Crippen LogP contribution in [-0.2, 0) is 13.2 Å². The van der Waals surface area contributed by atoms with Crippen molar-refractivity contribution in [3.8, 4) is 23.0 Å². The van der Waals surface area contributed by atoms with Crippen LogP contribution in [0.3, 0.4) is 0 Å². The summed E-state index contributed by atoms with van der Waals surface area (Å²) in [6, 6.07) is 28.4. The van der Waals surface area contributed by atoms with Crippen LogP contribution in [0.2, 0.25) is 0 Å². The highest BCUT2D eigenvalue weighted by atomic mass is 19.4. The van der Waals surface area contributed by atoms with Crippen LogP contribution in [0.15, 0.2) is 97.1 Å². The van der Waals surface area contributed by atoms with E-state index in [1.807, 2.05) is 24.3 Å². The molecule has 8 rings (SSSR count). The number of unbranched alkanes of at least 4 members (excludes halogenated alkanes) is 2. The molecule has 4 aromatic carbocycles. The van der Waals surface area contributed by atoms with Crippen molar-refractivity contribution in [2.45, 2.75) is 186 Å². The van der Waals surface area contributed by atoms with Crippen molar-refractivity contribution >= 4 is 0 Å². The minimum Gasteiger partial charge on any atom is -0.489 e. The number of hydrogen-bond acceptors (Lipinski definition) is 4. The Balaban J connectivity index is 0.000000205. The van der Waals surface area contributed by atoms with Gasteiger partial charge in [0.15, 0.2) is 0 Å². The summed E-state index contributed by atoms with van der Waals surface area (Å²) in [5.74, 6) is 7.90. The molecule has 4 nitrogen and oxygen atoms in total. The molecule has 4 aromatic rings. The molecule has 10 heteroatoms. The van der Waals surface area contributed by atoms with Crippen LogP contribution in [0.4, 0.5) is 26.3 Å². The van der Waals surface area contributed by atoms with Crippen molar-refractivity contribution in [2.24, 2.45) is 35.5 Å². The van der Waals surface area contributed by atoms with Gasteiger partial charge in [0.05, 0.1) is 0 Å². The fourth-order valence-corrected chi connectivity index (χ4v) is 12.2. The molecule has 0 aliphatic heterocycles. The minimum absolute atomic E-state index is 0.201. The molecule has 4 fully saturated rings. The normalized spacial score (nSPS) is 25.4. The van der Waals surface area contributed by atoms with Gasteiger partial charge in [0.1, 0.15) is 36.2 Å². The Labute approximate surface area is 408 Å². The fraction of sp³-hybridized carbons (Fsp3) is 0.593. The topological polar surface area (TPSA) is 36.9 Å². The molecule has 0 aromatic heterocycles. The van der Waals surface area contributed by atoms with Gasteiger partial charge in [0.2, 0.25) is 0 Å². The largest absolute Gasteiger partial charge is 0.573 e. The maximum absolute atomic E-state index is 12.5. The van der Waals surface area contributed by atoms with Crippen LogP contribution in [-0.4, -0.2) is 12.7 Å². The molecule has 0 amide bonds. The van der Waals surface area contributed by atoms with Gasteiger partial charge in [0, 0.05) is 0 Å². The second-order valence-corrected chi connectivity index (χ2v) is 20.8. The fourth-order valence-electron chi connectivity index (χ4n) is 12.2. The first-order valence-electron chi connectivity index (χ1n) is 26.4. The molecule has 4 aliphatic carbocycles. The van der Waals surface area contributed by atoms with E-state index >= 15 is 0 Å². The molecule has 378 valence electrons. The van der Waals surface area contributed by atoms with Gasteiger partial charge in [-0.05, 0) is 195 Å². The predicted octanol–water partition coefficient (Wildman–Crippen LogP) is 18.5. The van der Waals surface area contributed by atoms with Crippen LogP contribution in [0.5, 0.6) is 23.0 Å². The third kappa shape index (κ3) is 17.2. The van der Waals surface area contributed by atoms with Crippen molar-refractivity contribution < 1.29 is 45.3 Å². The SMILES string of the molecule is CCC1CCC(C2CCC(c3cccc(OCc4ccc(OC(F)(F)F)cc4)c3)CC2)CC1.CCCCCC1CCC(C2CCC(c3cccc(OCc4cccc(OC(F)(F)F)c4)c3)CC2)CC1. The smallest absolute Gasteiger partial charge is 0.489 e. The van der Waals surface area contributed by atoms with Gasteiger partial charge >= 0.3 is 12.7 Å². The van der Waals surface area contributed by atoms with Crippen LogP contribution in [0, 0.1) is 35.5 Å². The van der Waals surface area contributed by atoms with Crippen LogP contribution in [0.1, 0.15) is 183 Å². The van der Waals surface area contributed by atoms with E-state index in [1.54, 1.807) is 24.3 Å². The molecule has 69 heavy (non-hydrogen) atoms. The zero-order valence-electron chi connectivity index (χ0n) is 41.0. The molecule has 4 saturated carbocycles. The molecular weight excluding hydrogens is 887 g/mol. The molecule has 0 spiro atoms. The molecule has 0 N–H and O–H groups in total. The number of benzene rings is 4. The van der Waals surface area contributed by atoms with E-state index in [1.165, 1.54) is 170 Å². The summed E-state index contributed by atoms with van der Waals surface area (Å²) in [7, 11) is 0. The standard InChI is InChI=1S/C31H41F3O2.C28H35F3O2/c1-2-3-4-7-23-12-14-25(15-13-23)26-16-18-27(19-17-26)28-9-6-10-29(21-28)35-22-24-8-5-11-30(20-24)36-31(32,33)34;1-2-20-6-10-22(11-7-20)23-12-14-24(15-13-23)25-4-3-5-27(18-25)32-19-21-8-16-26(17-9-21)33-28(29,30)31/h5-6,8-11,20-21,23,25-27H,2-4,7,12-19,22H2,1H3;3-5,8-9,16-18,20,22-24H,2,6-7,10-15,19H2,1H3.